The Labute approximate surface area is 190 Å². The number of nitrogens with zero attached hydrogens (tertiary/aromatic N) is 2. The van der Waals surface area contributed by atoms with Crippen molar-refractivity contribution in [2.45, 2.75) is 46.3 Å². The molecular weight excluding hydrogens is 404 g/mol. The number of hydrogen-bond acceptors (Lipinski definition) is 5. The molecule has 0 radical (unpaired) electrons. The quantitative estimate of drug-likeness (QED) is 0.627. The number of anilines is 2. The molecule has 0 bridgehead atoms. The van der Waals surface area contributed by atoms with Crippen molar-refractivity contribution in [3.05, 3.63) is 65.4 Å². The van der Waals surface area contributed by atoms with Crippen LogP contribution in [0.15, 0.2) is 59.9 Å². The first kappa shape index (κ1) is 23.4. The maximum absolute atomic E-state index is 13.2. The zero-order valence-corrected chi connectivity index (χ0v) is 19.6. The molecule has 6 nitrogen and oxygen atoms in total. The molecule has 170 valence electrons. The average Bonchev–Trinajstić information content (AvgIpc) is 2.98. The number of aliphatic hydroxyl groups is 1. The lowest BCUT2D eigenvalue weighted by molar-refractivity contribution is -0.118. The minimum absolute atomic E-state index is 0.0349. The highest BCUT2D eigenvalue weighted by atomic mass is 16.5. The van der Waals surface area contributed by atoms with Gasteiger partial charge in [0.1, 0.15) is 5.75 Å². The van der Waals surface area contributed by atoms with Gasteiger partial charge in [0.05, 0.1) is 17.7 Å². The normalized spacial score (nSPS) is 16.3. The number of benzene rings is 2. The fourth-order valence-corrected chi connectivity index (χ4v) is 3.86. The first-order chi connectivity index (χ1) is 15.1. The van der Waals surface area contributed by atoms with Crippen molar-refractivity contribution in [1.29, 1.82) is 0 Å². The molecule has 1 atom stereocenters. The van der Waals surface area contributed by atoms with Gasteiger partial charge in [-0.3, -0.25) is 14.5 Å². The van der Waals surface area contributed by atoms with Gasteiger partial charge in [0.15, 0.2) is 11.5 Å². The zero-order valence-electron chi connectivity index (χ0n) is 19.6. The second kappa shape index (κ2) is 9.47. The van der Waals surface area contributed by atoms with Gasteiger partial charge in [-0.15, -0.1) is 0 Å². The van der Waals surface area contributed by atoms with Crippen LogP contribution in [0.3, 0.4) is 0 Å². The van der Waals surface area contributed by atoms with Crippen LogP contribution in [0.4, 0.5) is 11.4 Å². The molecule has 0 saturated heterocycles. The number of carbonyl (C=O) groups excluding carboxylic acids is 2. The summed E-state index contributed by atoms with van der Waals surface area (Å²) >= 11 is 0. The molecule has 0 spiro atoms. The summed E-state index contributed by atoms with van der Waals surface area (Å²) in [5, 5.41) is 10.8. The van der Waals surface area contributed by atoms with Gasteiger partial charge in [-0.2, -0.15) is 0 Å². The minimum atomic E-state index is -0.702. The van der Waals surface area contributed by atoms with Gasteiger partial charge < -0.3 is 14.7 Å². The lowest BCUT2D eigenvalue weighted by Gasteiger charge is -2.28. The molecule has 1 N–H and O–H groups in total. The molecule has 3 rings (SSSR count). The fraction of sp³-hybridized carbons (Fsp3) is 0.385. The van der Waals surface area contributed by atoms with Gasteiger partial charge in [-0.1, -0.05) is 26.0 Å². The van der Waals surface area contributed by atoms with E-state index in [0.29, 0.717) is 11.4 Å². The predicted molar refractivity (Wildman–Crippen MR) is 127 cm³/mol. The topological polar surface area (TPSA) is 70.1 Å². The smallest absolute Gasteiger partial charge is 0.294 e. The minimum Gasteiger partial charge on any atom is -0.503 e. The van der Waals surface area contributed by atoms with Crippen LogP contribution in [0, 0.1) is 5.92 Å². The second-order valence-electron chi connectivity index (χ2n) is 9.01. The van der Waals surface area contributed by atoms with E-state index in [1.54, 1.807) is 0 Å². The summed E-state index contributed by atoms with van der Waals surface area (Å²) in [6.45, 7) is 7.78. The molecule has 2 aromatic rings. The molecule has 0 saturated carbocycles. The molecule has 1 unspecified atom stereocenters. The van der Waals surface area contributed by atoms with E-state index in [1.165, 1.54) is 4.90 Å². The number of ketones is 1. The third-order valence-corrected chi connectivity index (χ3v) is 5.31. The van der Waals surface area contributed by atoms with Crippen LogP contribution in [-0.2, 0) is 9.59 Å². The van der Waals surface area contributed by atoms with Crippen LogP contribution in [-0.4, -0.2) is 37.0 Å². The zero-order chi connectivity index (χ0) is 23.6. The Kier molecular flexibility index (Phi) is 6.92. The number of ether oxygens (including phenoxy) is 1. The van der Waals surface area contributed by atoms with Crippen molar-refractivity contribution in [3.8, 4) is 5.75 Å². The van der Waals surface area contributed by atoms with Crippen LogP contribution in [0.1, 0.15) is 45.7 Å². The van der Waals surface area contributed by atoms with E-state index in [0.717, 1.165) is 11.3 Å². The van der Waals surface area contributed by atoms with Crippen LogP contribution >= 0.6 is 0 Å². The lowest BCUT2D eigenvalue weighted by Crippen LogP contribution is -2.31. The molecule has 1 heterocycles. The third-order valence-electron chi connectivity index (χ3n) is 5.31. The van der Waals surface area contributed by atoms with Gasteiger partial charge in [0.2, 0.25) is 0 Å². The standard InChI is InChI=1S/C26H32N2O4/c1-16(2)15-22(29)23-24(18-7-13-21(14-8-18)32-17(3)4)28(26(31)25(23)30)20-11-9-19(10-12-20)27(5)6/h7-14,16-17,24,30H,15H2,1-6H3. The Hall–Kier alpha value is -3.28. The summed E-state index contributed by atoms with van der Waals surface area (Å²) in [5.41, 5.74) is 2.49. The van der Waals surface area contributed by atoms with Gasteiger partial charge in [-0.05, 0) is 61.7 Å². The summed E-state index contributed by atoms with van der Waals surface area (Å²) in [6.07, 6.45) is 0.290. The highest BCUT2D eigenvalue weighted by molar-refractivity contribution is 6.16. The van der Waals surface area contributed by atoms with Gasteiger partial charge >= 0.3 is 0 Å². The molecule has 0 fully saturated rings. The number of Topliss-reactive ketones (excluding diaryl/α,β-unsaturated/α-hetero) is 1. The largest absolute Gasteiger partial charge is 0.503 e. The first-order valence-corrected chi connectivity index (χ1v) is 10.9. The van der Waals surface area contributed by atoms with Crippen molar-refractivity contribution >= 4 is 23.1 Å². The maximum Gasteiger partial charge on any atom is 0.294 e. The van der Waals surface area contributed by atoms with Crippen molar-refractivity contribution in [1.82, 2.24) is 0 Å². The van der Waals surface area contributed by atoms with Crippen molar-refractivity contribution in [2.24, 2.45) is 5.92 Å². The van der Waals surface area contributed by atoms with Crippen LogP contribution < -0.4 is 14.5 Å². The Morgan fingerprint density at radius 2 is 1.62 bits per heavy atom. The van der Waals surface area contributed by atoms with Crippen LogP contribution in [0.2, 0.25) is 0 Å². The van der Waals surface area contributed by atoms with Crippen molar-refractivity contribution in [2.75, 3.05) is 23.9 Å². The van der Waals surface area contributed by atoms with Crippen LogP contribution in [0.5, 0.6) is 5.75 Å². The molecule has 0 aromatic heterocycles. The van der Waals surface area contributed by atoms with Gasteiger partial charge in [0, 0.05) is 31.9 Å². The van der Waals surface area contributed by atoms with E-state index in [9.17, 15) is 14.7 Å². The summed E-state index contributed by atoms with van der Waals surface area (Å²) in [7, 11) is 3.88. The van der Waals surface area contributed by atoms with Gasteiger partial charge in [-0.25, -0.2) is 0 Å². The summed E-state index contributed by atoms with van der Waals surface area (Å²) in [4.78, 5) is 29.7. The van der Waals surface area contributed by atoms with Crippen LogP contribution in [0.25, 0.3) is 0 Å². The number of aliphatic hydroxyl groups excluding tert-OH is 1. The van der Waals surface area contributed by atoms with Crippen molar-refractivity contribution in [3.63, 3.8) is 0 Å². The Morgan fingerprint density at radius 3 is 2.12 bits per heavy atom. The van der Waals surface area contributed by atoms with Gasteiger partial charge in [0.25, 0.3) is 5.91 Å². The second-order valence-corrected chi connectivity index (χ2v) is 9.01. The Balaban J connectivity index is 2.07. The average molecular weight is 437 g/mol. The Bertz CT molecular complexity index is 1010. The number of carbonyl (C=O) groups is 2. The lowest BCUT2D eigenvalue weighted by atomic mass is 9.92. The monoisotopic (exact) mass is 436 g/mol. The van der Waals surface area contributed by atoms with E-state index < -0.39 is 17.7 Å². The van der Waals surface area contributed by atoms with E-state index >= 15 is 0 Å². The molecule has 2 aromatic carbocycles. The third kappa shape index (κ3) is 4.79. The molecule has 32 heavy (non-hydrogen) atoms. The molecule has 1 amide bonds. The molecule has 1 aliphatic rings. The highest BCUT2D eigenvalue weighted by Crippen LogP contribution is 2.42. The summed E-state index contributed by atoms with van der Waals surface area (Å²) in [5.74, 6) is -0.445. The summed E-state index contributed by atoms with van der Waals surface area (Å²) < 4.78 is 5.73. The molecule has 0 aliphatic carbocycles. The van der Waals surface area contributed by atoms with E-state index in [-0.39, 0.29) is 29.8 Å². The maximum atomic E-state index is 13.2. The van der Waals surface area contributed by atoms with Crippen molar-refractivity contribution < 1.29 is 19.4 Å². The number of hydrogen-bond donors (Lipinski definition) is 1. The highest BCUT2D eigenvalue weighted by Gasteiger charge is 2.44. The first-order valence-electron chi connectivity index (χ1n) is 10.9. The summed E-state index contributed by atoms with van der Waals surface area (Å²) in [6, 6.07) is 14.1. The van der Waals surface area contributed by atoms with E-state index in [1.807, 2.05) is 95.2 Å². The number of amides is 1. The number of rotatable bonds is 8. The fourth-order valence-electron chi connectivity index (χ4n) is 3.86. The molecule has 6 heteroatoms. The Morgan fingerprint density at radius 1 is 1.03 bits per heavy atom. The van der Waals surface area contributed by atoms with E-state index in [4.69, 9.17) is 4.74 Å². The van der Waals surface area contributed by atoms with E-state index in [2.05, 4.69) is 0 Å². The predicted octanol–water partition coefficient (Wildman–Crippen LogP) is 5.06. The SMILES string of the molecule is CC(C)CC(=O)C1=C(O)C(=O)N(c2ccc(N(C)C)cc2)C1c1ccc(OC(C)C)cc1. The molecule has 1 aliphatic heterocycles. The molecular formula is C26H32N2O4.